The predicted octanol–water partition coefficient (Wildman–Crippen LogP) is 2.53. The van der Waals surface area contributed by atoms with Gasteiger partial charge in [0.1, 0.15) is 0 Å². The van der Waals surface area contributed by atoms with Crippen molar-refractivity contribution >= 4 is 0 Å². The van der Waals surface area contributed by atoms with Gasteiger partial charge in [-0.1, -0.05) is 30.3 Å². The molecular weight excluding hydrogens is 236 g/mol. The van der Waals surface area contributed by atoms with Gasteiger partial charge in [-0.05, 0) is 37.1 Å². The van der Waals surface area contributed by atoms with Gasteiger partial charge < -0.3 is 10.4 Å². The lowest BCUT2D eigenvalue weighted by atomic mass is 9.98. The molecule has 0 bridgehead atoms. The smallest absolute Gasteiger partial charge is 0.0662 e. The summed E-state index contributed by atoms with van der Waals surface area (Å²) in [6.07, 6.45) is 3.19. The van der Waals surface area contributed by atoms with E-state index in [1.54, 1.807) is 19.3 Å². The van der Waals surface area contributed by atoms with E-state index in [1.807, 2.05) is 37.3 Å². The number of aliphatic hydroxyl groups excluding tert-OH is 1. The Balaban J connectivity index is 2.29. The quantitative estimate of drug-likeness (QED) is 0.864. The van der Waals surface area contributed by atoms with Crippen LogP contribution < -0.4 is 5.32 Å². The molecule has 0 aliphatic carbocycles. The number of aromatic nitrogens is 1. The fourth-order valence-corrected chi connectivity index (χ4v) is 1.99. The van der Waals surface area contributed by atoms with Gasteiger partial charge in [-0.2, -0.15) is 0 Å². The van der Waals surface area contributed by atoms with Crippen LogP contribution >= 0.6 is 0 Å². The first kappa shape index (κ1) is 13.7. The molecule has 100 valence electrons. The summed E-state index contributed by atoms with van der Waals surface area (Å²) in [5.41, 5.74) is 2.33. The Bertz CT molecular complexity index is 445. The lowest BCUT2D eigenvalue weighted by molar-refractivity contribution is 0.148. The van der Waals surface area contributed by atoms with E-state index < -0.39 is 6.10 Å². The Morgan fingerprint density at radius 1 is 0.947 bits per heavy atom. The first-order chi connectivity index (χ1) is 9.18. The van der Waals surface area contributed by atoms with Gasteiger partial charge in [-0.25, -0.2) is 0 Å². The molecule has 0 aliphatic rings. The molecule has 1 heterocycles. The zero-order valence-electron chi connectivity index (χ0n) is 11.3. The second kappa shape index (κ2) is 6.45. The summed E-state index contributed by atoms with van der Waals surface area (Å²) in [4.78, 5) is 4.06. The third kappa shape index (κ3) is 3.63. The summed E-state index contributed by atoms with van der Waals surface area (Å²) in [6.45, 7) is 3.79. The second-order valence-electron chi connectivity index (χ2n) is 4.82. The molecule has 3 atom stereocenters. The van der Waals surface area contributed by atoms with E-state index in [0.717, 1.165) is 5.56 Å². The van der Waals surface area contributed by atoms with E-state index in [1.165, 1.54) is 5.56 Å². The first-order valence-electron chi connectivity index (χ1n) is 6.57. The van der Waals surface area contributed by atoms with Crippen LogP contribution in [0.1, 0.15) is 31.0 Å². The van der Waals surface area contributed by atoms with E-state index in [-0.39, 0.29) is 12.1 Å². The maximum absolute atomic E-state index is 9.69. The van der Waals surface area contributed by atoms with E-state index in [4.69, 9.17) is 0 Å². The lowest BCUT2D eigenvalue weighted by Crippen LogP contribution is -2.38. The van der Waals surface area contributed by atoms with Crippen LogP contribution in [0.5, 0.6) is 0 Å². The average Bonchev–Trinajstić information content (AvgIpc) is 2.46. The zero-order valence-corrected chi connectivity index (χ0v) is 11.3. The van der Waals surface area contributed by atoms with E-state index in [2.05, 4.69) is 22.4 Å². The van der Waals surface area contributed by atoms with Gasteiger partial charge in [0.25, 0.3) is 0 Å². The number of nitrogens with one attached hydrogen (secondary N) is 1. The largest absolute Gasteiger partial charge is 0.392 e. The Labute approximate surface area is 114 Å². The summed E-state index contributed by atoms with van der Waals surface area (Å²) in [6, 6.07) is 14.3. The molecule has 0 amide bonds. The molecular formula is C16H20N2O. The lowest BCUT2D eigenvalue weighted by Gasteiger charge is -2.25. The van der Waals surface area contributed by atoms with Crippen LogP contribution in [0.3, 0.4) is 0 Å². The van der Waals surface area contributed by atoms with Crippen molar-refractivity contribution in [1.82, 2.24) is 10.3 Å². The minimum atomic E-state index is -0.395. The van der Waals surface area contributed by atoms with Crippen LogP contribution in [0, 0.1) is 0 Å². The third-order valence-electron chi connectivity index (χ3n) is 3.33. The molecule has 0 spiro atoms. The van der Waals surface area contributed by atoms with Crippen molar-refractivity contribution in [2.45, 2.75) is 32.0 Å². The van der Waals surface area contributed by atoms with Crippen molar-refractivity contribution in [2.75, 3.05) is 0 Å². The van der Waals surface area contributed by atoms with Gasteiger partial charge in [-0.3, -0.25) is 4.98 Å². The molecule has 0 saturated heterocycles. The monoisotopic (exact) mass is 256 g/mol. The van der Waals surface area contributed by atoms with Gasteiger partial charge in [0.2, 0.25) is 0 Å². The SMILES string of the molecule is CC(O)C(C)NC(c1ccccc1)c1ccncc1. The van der Waals surface area contributed by atoms with Gasteiger partial charge in [0.05, 0.1) is 12.1 Å². The minimum absolute atomic E-state index is 0.0124. The summed E-state index contributed by atoms with van der Waals surface area (Å²) >= 11 is 0. The van der Waals surface area contributed by atoms with Crippen molar-refractivity contribution < 1.29 is 5.11 Å². The van der Waals surface area contributed by atoms with E-state index in [0.29, 0.717) is 0 Å². The molecule has 3 nitrogen and oxygen atoms in total. The number of aliphatic hydroxyl groups is 1. The number of hydrogen-bond donors (Lipinski definition) is 2. The highest BCUT2D eigenvalue weighted by Gasteiger charge is 2.18. The Morgan fingerprint density at radius 2 is 1.53 bits per heavy atom. The molecule has 2 aromatic rings. The van der Waals surface area contributed by atoms with Crippen molar-refractivity contribution in [3.63, 3.8) is 0 Å². The molecule has 0 aliphatic heterocycles. The molecule has 2 N–H and O–H groups in total. The molecule has 0 fully saturated rings. The Morgan fingerprint density at radius 3 is 2.11 bits per heavy atom. The Kier molecular flexibility index (Phi) is 4.66. The standard InChI is InChI=1S/C16H20N2O/c1-12(13(2)19)18-16(14-6-4-3-5-7-14)15-8-10-17-11-9-15/h3-13,16,18-19H,1-2H3. The molecule has 3 unspecified atom stereocenters. The number of pyridine rings is 1. The molecule has 0 radical (unpaired) electrons. The van der Waals surface area contributed by atoms with Crippen LogP contribution in [0.4, 0.5) is 0 Å². The maximum atomic E-state index is 9.69. The third-order valence-corrected chi connectivity index (χ3v) is 3.33. The maximum Gasteiger partial charge on any atom is 0.0662 e. The number of hydrogen-bond acceptors (Lipinski definition) is 3. The van der Waals surface area contributed by atoms with Gasteiger partial charge in [-0.15, -0.1) is 0 Å². The normalized spacial score (nSPS) is 15.7. The molecule has 2 rings (SSSR count). The fraction of sp³-hybridized carbons (Fsp3) is 0.312. The molecule has 0 saturated carbocycles. The molecule has 3 heteroatoms. The van der Waals surface area contributed by atoms with Gasteiger partial charge in [0.15, 0.2) is 0 Å². The number of benzene rings is 1. The Hall–Kier alpha value is -1.71. The summed E-state index contributed by atoms with van der Waals surface area (Å²) in [5, 5.41) is 13.2. The second-order valence-corrected chi connectivity index (χ2v) is 4.82. The van der Waals surface area contributed by atoms with Gasteiger partial charge >= 0.3 is 0 Å². The summed E-state index contributed by atoms with van der Waals surface area (Å²) < 4.78 is 0. The predicted molar refractivity (Wildman–Crippen MR) is 76.8 cm³/mol. The summed E-state index contributed by atoms with van der Waals surface area (Å²) in [7, 11) is 0. The van der Waals surface area contributed by atoms with E-state index >= 15 is 0 Å². The van der Waals surface area contributed by atoms with Crippen LogP contribution in [0.25, 0.3) is 0 Å². The number of nitrogens with zero attached hydrogens (tertiary/aromatic N) is 1. The molecule has 19 heavy (non-hydrogen) atoms. The highest BCUT2D eigenvalue weighted by molar-refractivity contribution is 5.30. The first-order valence-corrected chi connectivity index (χ1v) is 6.57. The van der Waals surface area contributed by atoms with Crippen molar-refractivity contribution in [2.24, 2.45) is 0 Å². The summed E-state index contributed by atoms with van der Waals surface area (Å²) in [5.74, 6) is 0. The number of rotatable bonds is 5. The zero-order chi connectivity index (χ0) is 13.7. The van der Waals surface area contributed by atoms with Crippen LogP contribution in [0.15, 0.2) is 54.9 Å². The fourth-order valence-electron chi connectivity index (χ4n) is 1.99. The molecule has 1 aromatic heterocycles. The molecule has 1 aromatic carbocycles. The highest BCUT2D eigenvalue weighted by Crippen LogP contribution is 2.22. The van der Waals surface area contributed by atoms with Crippen LogP contribution in [-0.2, 0) is 0 Å². The average molecular weight is 256 g/mol. The topological polar surface area (TPSA) is 45.1 Å². The van der Waals surface area contributed by atoms with Crippen molar-refractivity contribution in [3.05, 3.63) is 66.0 Å². The van der Waals surface area contributed by atoms with Gasteiger partial charge in [0, 0.05) is 18.4 Å². The van der Waals surface area contributed by atoms with Crippen LogP contribution in [0.2, 0.25) is 0 Å². The van der Waals surface area contributed by atoms with Crippen LogP contribution in [-0.4, -0.2) is 22.2 Å². The minimum Gasteiger partial charge on any atom is -0.392 e. The highest BCUT2D eigenvalue weighted by atomic mass is 16.3. The van der Waals surface area contributed by atoms with E-state index in [9.17, 15) is 5.11 Å². The van der Waals surface area contributed by atoms with Crippen molar-refractivity contribution in [3.8, 4) is 0 Å². The van der Waals surface area contributed by atoms with Crippen molar-refractivity contribution in [1.29, 1.82) is 0 Å².